The van der Waals surface area contributed by atoms with Gasteiger partial charge in [0.05, 0.1) is 27.8 Å². The molecule has 11 aromatic rings. The number of pyridine rings is 1. The van der Waals surface area contributed by atoms with Gasteiger partial charge in [-0.05, 0) is 59.7 Å². The van der Waals surface area contributed by atoms with Gasteiger partial charge in [-0.3, -0.25) is 4.57 Å². The summed E-state index contributed by atoms with van der Waals surface area (Å²) in [5.74, 6) is 0.912. The lowest BCUT2D eigenvalue weighted by atomic mass is 10.0. The summed E-state index contributed by atoms with van der Waals surface area (Å²) < 4.78 is 7.41. The molecule has 0 aliphatic carbocycles. The molecule has 11 rings (SSSR count). The van der Waals surface area contributed by atoms with Crippen molar-refractivity contribution in [2.75, 3.05) is 0 Å². The second-order valence-corrected chi connectivity index (χ2v) is 14.2. The summed E-state index contributed by atoms with van der Waals surface area (Å²) in [6.07, 6.45) is 0. The van der Waals surface area contributed by atoms with Crippen LogP contribution in [0.3, 0.4) is 0 Å². The molecule has 0 aliphatic rings. The molecule has 0 N–H and O–H groups in total. The molecule has 0 atom stereocenters. The summed E-state index contributed by atoms with van der Waals surface area (Å²) in [4.78, 5) is 5.43. The van der Waals surface area contributed by atoms with Gasteiger partial charge in [0.15, 0.2) is 0 Å². The highest BCUT2D eigenvalue weighted by Crippen LogP contribution is 2.47. The fourth-order valence-electron chi connectivity index (χ4n) is 8.10. The first-order valence-corrected chi connectivity index (χ1v) is 18.1. The number of rotatable bonds is 4. The van der Waals surface area contributed by atoms with E-state index in [1.165, 1.54) is 69.5 Å². The Morgan fingerprint density at radius 2 is 1.04 bits per heavy atom. The Morgan fingerprint density at radius 3 is 1.80 bits per heavy atom. The highest BCUT2D eigenvalue weighted by atomic mass is 32.1. The highest BCUT2D eigenvalue weighted by Gasteiger charge is 2.22. The molecule has 0 aliphatic heterocycles. The quantitative estimate of drug-likeness (QED) is 0.183. The van der Waals surface area contributed by atoms with Crippen LogP contribution in [-0.2, 0) is 0 Å². The van der Waals surface area contributed by atoms with Crippen LogP contribution >= 0.6 is 11.3 Å². The molecule has 0 radical (unpaired) electrons. The van der Waals surface area contributed by atoms with E-state index in [4.69, 9.17) is 4.98 Å². The zero-order valence-electron chi connectivity index (χ0n) is 27.5. The van der Waals surface area contributed by atoms with E-state index < -0.39 is 0 Å². The lowest BCUT2D eigenvalue weighted by molar-refractivity contribution is 1.09. The van der Waals surface area contributed by atoms with Gasteiger partial charge in [-0.25, -0.2) is 4.98 Å². The first kappa shape index (κ1) is 28.4. The van der Waals surface area contributed by atoms with E-state index in [0.717, 1.165) is 28.2 Å². The number of benzene rings is 7. The van der Waals surface area contributed by atoms with Gasteiger partial charge in [-0.15, -0.1) is 11.3 Å². The largest absolute Gasteiger partial charge is 0.309 e. The van der Waals surface area contributed by atoms with E-state index in [1.54, 1.807) is 0 Å². The van der Waals surface area contributed by atoms with Crippen LogP contribution in [0.5, 0.6) is 0 Å². The fourth-order valence-corrected chi connectivity index (χ4v) is 9.37. The zero-order valence-corrected chi connectivity index (χ0v) is 28.3. The van der Waals surface area contributed by atoms with Crippen molar-refractivity contribution in [3.8, 4) is 33.9 Å². The van der Waals surface area contributed by atoms with E-state index in [2.05, 4.69) is 185 Å². The number of para-hydroxylation sites is 3. The van der Waals surface area contributed by atoms with E-state index in [1.807, 2.05) is 11.3 Å². The summed E-state index contributed by atoms with van der Waals surface area (Å²) in [5, 5.41) is 7.59. The SMILES string of the molecule is c1ccc(-c2cc(-c3ccccc3)nc(-n3c4ccccc4c4ccc5sc6c(ccc7c6c6ccccc6n7-c6ccccc6)c5c43)c2)cc1. The van der Waals surface area contributed by atoms with Crippen molar-refractivity contribution in [2.45, 2.75) is 0 Å². The third kappa shape index (κ3) is 4.21. The average Bonchev–Trinajstić information content (AvgIpc) is 3.86. The number of nitrogens with zero attached hydrogens (tertiary/aromatic N) is 3. The van der Waals surface area contributed by atoms with Gasteiger partial charge in [0.2, 0.25) is 0 Å². The number of aromatic nitrogens is 3. The van der Waals surface area contributed by atoms with Crippen LogP contribution in [0.15, 0.2) is 176 Å². The second-order valence-electron chi connectivity index (χ2n) is 13.1. The van der Waals surface area contributed by atoms with E-state index in [9.17, 15) is 0 Å². The van der Waals surface area contributed by atoms with Crippen LogP contribution in [0.25, 0.3) is 97.7 Å². The number of fused-ring (bicyclic) bond motifs is 11. The standard InChI is InChI=1S/C47H29N3S/c1-4-14-30(15-5-1)32-28-38(31-16-6-2-7-17-31)48-43(29-32)50-39-22-12-10-20-34(39)35-25-27-42-45(46(35)50)37-24-26-41-44(47(37)51-42)36-21-11-13-23-40(36)49(41)33-18-8-3-9-19-33/h1-29H. The van der Waals surface area contributed by atoms with Gasteiger partial charge < -0.3 is 4.57 Å². The minimum Gasteiger partial charge on any atom is -0.309 e. The molecule has 51 heavy (non-hydrogen) atoms. The summed E-state index contributed by atoms with van der Waals surface area (Å²) >= 11 is 1.90. The first-order valence-electron chi connectivity index (χ1n) is 17.3. The normalized spacial score (nSPS) is 11.9. The Labute approximate surface area is 297 Å². The van der Waals surface area contributed by atoms with Crippen molar-refractivity contribution in [1.29, 1.82) is 0 Å². The van der Waals surface area contributed by atoms with Gasteiger partial charge in [0.25, 0.3) is 0 Å². The molecule has 238 valence electrons. The number of hydrogen-bond acceptors (Lipinski definition) is 2. The molecular weight excluding hydrogens is 639 g/mol. The van der Waals surface area contributed by atoms with E-state index in [-0.39, 0.29) is 0 Å². The predicted octanol–water partition coefficient (Wildman–Crippen LogP) is 13.0. The van der Waals surface area contributed by atoms with Crippen molar-refractivity contribution >= 4 is 75.1 Å². The molecule has 0 bridgehead atoms. The maximum atomic E-state index is 5.43. The van der Waals surface area contributed by atoms with Gasteiger partial charge in [0, 0.05) is 53.0 Å². The van der Waals surface area contributed by atoms with Gasteiger partial charge in [0.1, 0.15) is 5.82 Å². The van der Waals surface area contributed by atoms with Gasteiger partial charge in [-0.2, -0.15) is 0 Å². The zero-order chi connectivity index (χ0) is 33.5. The van der Waals surface area contributed by atoms with Crippen molar-refractivity contribution in [1.82, 2.24) is 14.1 Å². The summed E-state index contributed by atoms with van der Waals surface area (Å²) in [5.41, 5.74) is 10.3. The highest BCUT2D eigenvalue weighted by molar-refractivity contribution is 7.27. The maximum absolute atomic E-state index is 5.43. The second kappa shape index (κ2) is 11.0. The minimum absolute atomic E-state index is 0.912. The van der Waals surface area contributed by atoms with Crippen LogP contribution in [0.4, 0.5) is 0 Å². The molecule has 4 heterocycles. The molecular formula is C47H29N3S. The molecule has 0 saturated heterocycles. The predicted molar refractivity (Wildman–Crippen MR) is 217 cm³/mol. The van der Waals surface area contributed by atoms with Crippen LogP contribution in [0.1, 0.15) is 0 Å². The van der Waals surface area contributed by atoms with Crippen molar-refractivity contribution in [3.63, 3.8) is 0 Å². The Morgan fingerprint density at radius 1 is 0.412 bits per heavy atom. The molecule has 0 fully saturated rings. The molecule has 0 saturated carbocycles. The van der Waals surface area contributed by atoms with Crippen LogP contribution in [0, 0.1) is 0 Å². The monoisotopic (exact) mass is 667 g/mol. The fraction of sp³-hybridized carbons (Fsp3) is 0. The Kier molecular flexibility index (Phi) is 6.12. The molecule has 0 spiro atoms. The smallest absolute Gasteiger partial charge is 0.138 e. The Bertz CT molecular complexity index is 3060. The lowest BCUT2D eigenvalue weighted by Gasteiger charge is -2.13. The van der Waals surface area contributed by atoms with Crippen LogP contribution in [-0.4, -0.2) is 14.1 Å². The number of thiophene rings is 1. The Hall–Kier alpha value is -6.49. The molecule has 4 heteroatoms. The van der Waals surface area contributed by atoms with Gasteiger partial charge >= 0.3 is 0 Å². The van der Waals surface area contributed by atoms with Crippen molar-refractivity contribution < 1.29 is 0 Å². The topological polar surface area (TPSA) is 22.8 Å². The molecule has 7 aromatic carbocycles. The first-order chi connectivity index (χ1) is 25.3. The molecule has 0 unspecified atom stereocenters. The summed E-state index contributed by atoms with van der Waals surface area (Å²) in [6, 6.07) is 63.3. The van der Waals surface area contributed by atoms with E-state index >= 15 is 0 Å². The third-order valence-corrected chi connectivity index (χ3v) is 11.5. The third-order valence-electron chi connectivity index (χ3n) is 10.3. The average molecular weight is 668 g/mol. The minimum atomic E-state index is 0.912. The van der Waals surface area contributed by atoms with Gasteiger partial charge in [-0.1, -0.05) is 127 Å². The van der Waals surface area contributed by atoms with Crippen molar-refractivity contribution in [3.05, 3.63) is 176 Å². The summed E-state index contributed by atoms with van der Waals surface area (Å²) in [6.45, 7) is 0. The van der Waals surface area contributed by atoms with Crippen molar-refractivity contribution in [2.24, 2.45) is 0 Å². The number of hydrogen-bond donors (Lipinski definition) is 0. The van der Waals surface area contributed by atoms with Crippen LogP contribution < -0.4 is 0 Å². The Balaban J connectivity index is 1.28. The maximum Gasteiger partial charge on any atom is 0.138 e. The van der Waals surface area contributed by atoms with Crippen LogP contribution in [0.2, 0.25) is 0 Å². The molecule has 3 nitrogen and oxygen atoms in total. The molecule has 4 aromatic heterocycles. The molecule has 0 amide bonds. The summed E-state index contributed by atoms with van der Waals surface area (Å²) in [7, 11) is 0. The van der Waals surface area contributed by atoms with E-state index in [0.29, 0.717) is 0 Å². The lowest BCUT2D eigenvalue weighted by Crippen LogP contribution is -2.00.